The minimum absolute atomic E-state index is 0.0956. The number of amides is 1. The number of aliphatic hydroxyl groups excluding tert-OH is 1. The van der Waals surface area contributed by atoms with Crippen molar-refractivity contribution < 1.29 is 24.2 Å². The first-order valence-electron chi connectivity index (χ1n) is 6.57. The number of carbonyl (C=O) groups is 2. The smallest absolute Gasteiger partial charge is 0.410 e. The topological polar surface area (TPSA) is 76.1 Å². The van der Waals surface area contributed by atoms with Crippen molar-refractivity contribution in [2.45, 2.75) is 45.8 Å². The lowest BCUT2D eigenvalue weighted by atomic mass is 9.94. The van der Waals surface area contributed by atoms with Gasteiger partial charge >= 0.3 is 12.1 Å². The lowest BCUT2D eigenvalue weighted by Gasteiger charge is -2.35. The summed E-state index contributed by atoms with van der Waals surface area (Å²) >= 11 is 0. The molecule has 0 radical (unpaired) electrons. The summed E-state index contributed by atoms with van der Waals surface area (Å²) in [6, 6.07) is 0. The lowest BCUT2D eigenvalue weighted by Crippen LogP contribution is -2.50. The van der Waals surface area contributed by atoms with Crippen molar-refractivity contribution in [3.63, 3.8) is 0 Å². The highest BCUT2D eigenvalue weighted by Gasteiger charge is 2.36. The molecule has 0 spiro atoms. The number of hydrogen-bond donors (Lipinski definition) is 1. The summed E-state index contributed by atoms with van der Waals surface area (Å²) in [6.07, 6.45) is -0.978. The normalized spacial score (nSPS) is 23.9. The molecule has 0 bridgehead atoms. The van der Waals surface area contributed by atoms with Crippen molar-refractivity contribution in [1.29, 1.82) is 0 Å². The number of rotatable bonds is 2. The predicted octanol–water partition coefficient (Wildman–Crippen LogP) is 1.17. The molecule has 0 unspecified atom stereocenters. The highest BCUT2D eigenvalue weighted by atomic mass is 16.6. The molecule has 1 amide bonds. The van der Waals surface area contributed by atoms with E-state index in [9.17, 15) is 14.7 Å². The highest BCUT2D eigenvalue weighted by molar-refractivity contribution is 5.74. The van der Waals surface area contributed by atoms with Crippen molar-refractivity contribution in [1.82, 2.24) is 4.90 Å². The van der Waals surface area contributed by atoms with E-state index in [2.05, 4.69) is 0 Å². The Morgan fingerprint density at radius 3 is 2.47 bits per heavy atom. The van der Waals surface area contributed by atoms with E-state index in [4.69, 9.17) is 9.47 Å². The minimum Gasteiger partial charge on any atom is -0.466 e. The van der Waals surface area contributed by atoms with Gasteiger partial charge in [-0.15, -0.1) is 0 Å². The van der Waals surface area contributed by atoms with Gasteiger partial charge in [-0.3, -0.25) is 4.79 Å². The Balaban J connectivity index is 2.54. The van der Waals surface area contributed by atoms with Crippen LogP contribution >= 0.6 is 0 Å². The van der Waals surface area contributed by atoms with Crippen LogP contribution < -0.4 is 0 Å². The maximum Gasteiger partial charge on any atom is 0.410 e. The molecule has 6 heteroatoms. The van der Waals surface area contributed by atoms with E-state index < -0.39 is 29.7 Å². The minimum atomic E-state index is -0.902. The molecule has 19 heavy (non-hydrogen) atoms. The molecule has 1 saturated heterocycles. The fraction of sp³-hybridized carbons (Fsp3) is 0.846. The van der Waals surface area contributed by atoms with Crippen molar-refractivity contribution in [2.24, 2.45) is 5.92 Å². The van der Waals surface area contributed by atoms with Gasteiger partial charge in [0.2, 0.25) is 0 Å². The summed E-state index contributed by atoms with van der Waals surface area (Å²) in [4.78, 5) is 24.9. The highest BCUT2D eigenvalue weighted by Crippen LogP contribution is 2.21. The van der Waals surface area contributed by atoms with Crippen LogP contribution in [-0.2, 0) is 14.3 Å². The van der Waals surface area contributed by atoms with Gasteiger partial charge in [0.25, 0.3) is 0 Å². The van der Waals surface area contributed by atoms with Gasteiger partial charge in [-0.1, -0.05) is 0 Å². The molecule has 1 aliphatic rings. The first-order chi connectivity index (χ1) is 8.74. The number of esters is 1. The summed E-state index contributed by atoms with van der Waals surface area (Å²) < 4.78 is 10.1. The van der Waals surface area contributed by atoms with E-state index in [1.807, 2.05) is 0 Å². The van der Waals surface area contributed by atoms with Crippen LogP contribution in [0.25, 0.3) is 0 Å². The van der Waals surface area contributed by atoms with Crippen molar-refractivity contribution in [2.75, 3.05) is 19.7 Å². The number of nitrogens with zero attached hydrogens (tertiary/aromatic N) is 1. The Labute approximate surface area is 113 Å². The zero-order valence-corrected chi connectivity index (χ0v) is 12.0. The molecule has 0 saturated carbocycles. The molecule has 0 aliphatic carbocycles. The number of ether oxygens (including phenoxy) is 2. The lowest BCUT2D eigenvalue weighted by molar-refractivity contribution is -0.154. The first kappa shape index (κ1) is 15.8. The van der Waals surface area contributed by atoms with Crippen LogP contribution in [0, 0.1) is 5.92 Å². The number of β-amino-alcohol motifs (C(OH)–C–C–N with tert-alkyl or cyclic N) is 1. The summed E-state index contributed by atoms with van der Waals surface area (Å²) in [5.41, 5.74) is -0.569. The van der Waals surface area contributed by atoms with Crippen LogP contribution in [0.5, 0.6) is 0 Å². The Morgan fingerprint density at radius 2 is 2.00 bits per heavy atom. The van der Waals surface area contributed by atoms with Gasteiger partial charge in [-0.05, 0) is 34.1 Å². The average Bonchev–Trinajstić information content (AvgIpc) is 2.26. The average molecular weight is 273 g/mol. The molecule has 0 aromatic heterocycles. The third-order valence-electron chi connectivity index (χ3n) is 2.82. The molecule has 2 atom stereocenters. The Bertz CT molecular complexity index is 336. The second kappa shape index (κ2) is 6.23. The van der Waals surface area contributed by atoms with E-state index in [-0.39, 0.29) is 13.2 Å². The number of aliphatic hydroxyl groups is 1. The maximum atomic E-state index is 11.8. The van der Waals surface area contributed by atoms with Gasteiger partial charge in [0, 0.05) is 6.54 Å². The van der Waals surface area contributed by atoms with Crippen LogP contribution in [0.2, 0.25) is 0 Å². The third kappa shape index (κ3) is 4.70. The van der Waals surface area contributed by atoms with E-state index in [1.54, 1.807) is 27.7 Å². The van der Waals surface area contributed by atoms with E-state index >= 15 is 0 Å². The van der Waals surface area contributed by atoms with Gasteiger partial charge in [0.15, 0.2) is 0 Å². The fourth-order valence-corrected chi connectivity index (χ4v) is 1.95. The SMILES string of the molecule is CCOC(=O)[C@H]1CCN(C(=O)OC(C)(C)C)C[C@@H]1O. The first-order valence-corrected chi connectivity index (χ1v) is 6.57. The number of piperidine rings is 1. The molecule has 1 aliphatic heterocycles. The summed E-state index contributed by atoms with van der Waals surface area (Å²) in [7, 11) is 0. The number of hydrogen-bond acceptors (Lipinski definition) is 5. The molecule has 1 fully saturated rings. The van der Waals surface area contributed by atoms with Gasteiger partial charge in [0.1, 0.15) is 5.60 Å². The molecule has 110 valence electrons. The standard InChI is InChI=1S/C13H23NO5/c1-5-18-11(16)9-6-7-14(8-10(9)15)12(17)19-13(2,3)4/h9-10,15H,5-8H2,1-4H3/t9-,10-/m0/s1. The zero-order chi connectivity index (χ0) is 14.6. The quantitative estimate of drug-likeness (QED) is 0.764. The zero-order valence-electron chi connectivity index (χ0n) is 12.0. The molecule has 0 aromatic rings. The second-order valence-corrected chi connectivity index (χ2v) is 5.64. The summed E-state index contributed by atoms with van der Waals surface area (Å²) in [5, 5.41) is 9.93. The van der Waals surface area contributed by atoms with E-state index in [0.29, 0.717) is 13.0 Å². The van der Waals surface area contributed by atoms with Gasteiger partial charge < -0.3 is 19.5 Å². The Morgan fingerprint density at radius 1 is 1.37 bits per heavy atom. The van der Waals surface area contributed by atoms with Gasteiger partial charge in [-0.2, -0.15) is 0 Å². The summed E-state index contributed by atoms with van der Waals surface area (Å²) in [5.74, 6) is -0.961. The molecule has 1 N–H and O–H groups in total. The molecule has 1 rings (SSSR count). The van der Waals surface area contributed by atoms with Crippen molar-refractivity contribution in [3.05, 3.63) is 0 Å². The Kier molecular flexibility index (Phi) is 5.17. The Hall–Kier alpha value is -1.30. The van der Waals surface area contributed by atoms with Crippen molar-refractivity contribution >= 4 is 12.1 Å². The third-order valence-corrected chi connectivity index (χ3v) is 2.82. The molecular formula is C13H23NO5. The monoisotopic (exact) mass is 273 g/mol. The van der Waals surface area contributed by atoms with Gasteiger partial charge in [0.05, 0.1) is 25.2 Å². The largest absolute Gasteiger partial charge is 0.466 e. The van der Waals surface area contributed by atoms with E-state index in [0.717, 1.165) is 0 Å². The van der Waals surface area contributed by atoms with Crippen LogP contribution in [0.1, 0.15) is 34.1 Å². The fourth-order valence-electron chi connectivity index (χ4n) is 1.95. The van der Waals surface area contributed by atoms with Crippen LogP contribution in [0.15, 0.2) is 0 Å². The van der Waals surface area contributed by atoms with Gasteiger partial charge in [-0.25, -0.2) is 4.79 Å². The second-order valence-electron chi connectivity index (χ2n) is 5.64. The van der Waals surface area contributed by atoms with Crippen LogP contribution in [0.4, 0.5) is 4.79 Å². The van der Waals surface area contributed by atoms with E-state index in [1.165, 1.54) is 4.90 Å². The molecule has 0 aromatic carbocycles. The van der Waals surface area contributed by atoms with Crippen LogP contribution in [0.3, 0.4) is 0 Å². The molecular weight excluding hydrogens is 250 g/mol. The number of carbonyl (C=O) groups excluding carboxylic acids is 2. The maximum absolute atomic E-state index is 11.8. The molecule has 6 nitrogen and oxygen atoms in total. The predicted molar refractivity (Wildman–Crippen MR) is 68.6 cm³/mol. The van der Waals surface area contributed by atoms with Crippen LogP contribution in [-0.4, -0.2) is 53.5 Å². The summed E-state index contributed by atoms with van der Waals surface area (Å²) in [6.45, 7) is 7.85. The number of likely N-dealkylation sites (tertiary alicyclic amines) is 1. The van der Waals surface area contributed by atoms with Crippen molar-refractivity contribution in [3.8, 4) is 0 Å². The molecule has 1 heterocycles.